The SMILES string of the molecule is CN(C)S(=O)(=O)c1cccc(CS(=O)Cc2cccc(Cl)c2)c1. The van der Waals surface area contributed by atoms with Crippen LogP contribution in [-0.4, -0.2) is 31.0 Å². The van der Waals surface area contributed by atoms with E-state index < -0.39 is 20.8 Å². The predicted octanol–water partition coefficient (Wildman–Crippen LogP) is 3.04. The van der Waals surface area contributed by atoms with Crippen LogP contribution in [-0.2, 0) is 32.3 Å². The second-order valence-corrected chi connectivity index (χ2v) is 9.34. The third kappa shape index (κ3) is 4.88. The van der Waals surface area contributed by atoms with Crippen LogP contribution in [0.1, 0.15) is 11.1 Å². The Kier molecular flexibility index (Phi) is 5.97. The Bertz CT molecular complexity index is 820. The topological polar surface area (TPSA) is 54.5 Å². The minimum Gasteiger partial charge on any atom is -0.259 e. The van der Waals surface area contributed by atoms with Gasteiger partial charge in [-0.2, -0.15) is 0 Å². The zero-order valence-corrected chi connectivity index (χ0v) is 15.3. The maximum atomic E-state index is 12.3. The van der Waals surface area contributed by atoms with Gasteiger partial charge in [0.1, 0.15) is 0 Å². The lowest BCUT2D eigenvalue weighted by molar-refractivity contribution is 0.520. The lowest BCUT2D eigenvalue weighted by atomic mass is 10.2. The molecule has 1 atom stereocenters. The summed E-state index contributed by atoms with van der Waals surface area (Å²) in [6, 6.07) is 13.8. The lowest BCUT2D eigenvalue weighted by Crippen LogP contribution is -2.22. The van der Waals surface area contributed by atoms with E-state index in [9.17, 15) is 12.6 Å². The van der Waals surface area contributed by atoms with Crippen LogP contribution < -0.4 is 0 Å². The second kappa shape index (κ2) is 7.57. The second-order valence-electron chi connectivity index (χ2n) is 5.29. The highest BCUT2D eigenvalue weighted by Gasteiger charge is 2.17. The van der Waals surface area contributed by atoms with Gasteiger partial charge in [-0.25, -0.2) is 12.7 Å². The Hall–Kier alpha value is -1.21. The summed E-state index contributed by atoms with van der Waals surface area (Å²) in [6.07, 6.45) is 0. The highest BCUT2D eigenvalue weighted by atomic mass is 35.5. The van der Waals surface area contributed by atoms with Gasteiger partial charge in [-0.15, -0.1) is 0 Å². The molecule has 0 N–H and O–H groups in total. The molecule has 0 fully saturated rings. The Balaban J connectivity index is 2.13. The first-order chi connectivity index (χ1) is 10.8. The summed E-state index contributed by atoms with van der Waals surface area (Å²) in [5.41, 5.74) is 1.63. The van der Waals surface area contributed by atoms with E-state index in [-0.39, 0.29) is 4.90 Å². The molecular weight excluding hydrogens is 354 g/mol. The Morgan fingerprint density at radius 2 is 1.57 bits per heavy atom. The summed E-state index contributed by atoms with van der Waals surface area (Å²) in [5.74, 6) is 0.675. The molecule has 2 rings (SSSR count). The fourth-order valence-corrected chi connectivity index (χ4v) is 4.45. The van der Waals surface area contributed by atoms with Gasteiger partial charge in [0.2, 0.25) is 10.0 Å². The molecule has 0 spiro atoms. The maximum absolute atomic E-state index is 12.3. The van der Waals surface area contributed by atoms with Gasteiger partial charge in [-0.05, 0) is 35.4 Å². The molecule has 0 radical (unpaired) electrons. The summed E-state index contributed by atoms with van der Waals surface area (Å²) in [4.78, 5) is 0.208. The third-order valence-corrected chi connectivity index (χ3v) is 6.58. The molecule has 0 aliphatic rings. The van der Waals surface area contributed by atoms with Crippen molar-refractivity contribution < 1.29 is 12.6 Å². The van der Waals surface area contributed by atoms with Crippen molar-refractivity contribution in [2.24, 2.45) is 0 Å². The Morgan fingerprint density at radius 3 is 2.13 bits per heavy atom. The summed E-state index contributed by atoms with van der Waals surface area (Å²) >= 11 is 5.92. The molecule has 0 saturated heterocycles. The van der Waals surface area contributed by atoms with Gasteiger partial charge in [0, 0.05) is 41.4 Å². The van der Waals surface area contributed by atoms with Gasteiger partial charge < -0.3 is 0 Å². The van der Waals surface area contributed by atoms with E-state index in [4.69, 9.17) is 11.6 Å². The summed E-state index contributed by atoms with van der Waals surface area (Å²) in [5, 5.41) is 0.610. The van der Waals surface area contributed by atoms with Crippen LogP contribution in [0.15, 0.2) is 53.4 Å². The molecule has 2 aromatic rings. The number of sulfonamides is 1. The van der Waals surface area contributed by atoms with Gasteiger partial charge in [0.15, 0.2) is 0 Å². The number of hydrogen-bond acceptors (Lipinski definition) is 3. The molecular formula is C16H18ClNO3S2. The van der Waals surface area contributed by atoms with Crippen molar-refractivity contribution in [1.82, 2.24) is 4.31 Å². The molecule has 1 unspecified atom stereocenters. The van der Waals surface area contributed by atoms with Crippen LogP contribution in [0.2, 0.25) is 5.02 Å². The summed E-state index contributed by atoms with van der Waals surface area (Å²) in [6.45, 7) is 0. The summed E-state index contributed by atoms with van der Waals surface area (Å²) in [7, 11) is -1.65. The first kappa shape index (κ1) is 18.1. The van der Waals surface area contributed by atoms with E-state index in [1.54, 1.807) is 36.4 Å². The van der Waals surface area contributed by atoms with Crippen LogP contribution in [0.4, 0.5) is 0 Å². The molecule has 0 aliphatic heterocycles. The molecule has 2 aromatic carbocycles. The van der Waals surface area contributed by atoms with E-state index in [2.05, 4.69) is 0 Å². The summed E-state index contributed by atoms with van der Waals surface area (Å²) < 4.78 is 37.7. The average molecular weight is 372 g/mol. The predicted molar refractivity (Wildman–Crippen MR) is 94.3 cm³/mol. The van der Waals surface area contributed by atoms with Crippen LogP contribution >= 0.6 is 11.6 Å². The standard InChI is InChI=1S/C16H18ClNO3S2/c1-18(2)23(20,21)16-8-4-6-14(10-16)12-22(19)11-13-5-3-7-15(17)9-13/h3-10H,11-12H2,1-2H3. The van der Waals surface area contributed by atoms with Crippen LogP contribution in [0.3, 0.4) is 0 Å². The molecule has 0 amide bonds. The zero-order chi connectivity index (χ0) is 17.0. The molecule has 0 saturated carbocycles. The van der Waals surface area contributed by atoms with E-state index in [1.165, 1.54) is 14.1 Å². The zero-order valence-electron chi connectivity index (χ0n) is 12.9. The minimum absolute atomic E-state index is 0.208. The fourth-order valence-electron chi connectivity index (χ4n) is 2.06. The smallest absolute Gasteiger partial charge is 0.242 e. The van der Waals surface area contributed by atoms with Crippen molar-refractivity contribution in [1.29, 1.82) is 0 Å². The lowest BCUT2D eigenvalue weighted by Gasteiger charge is -2.12. The van der Waals surface area contributed by atoms with Crippen LogP contribution in [0.25, 0.3) is 0 Å². The van der Waals surface area contributed by atoms with Crippen LogP contribution in [0.5, 0.6) is 0 Å². The van der Waals surface area contributed by atoms with Crippen molar-refractivity contribution >= 4 is 32.4 Å². The molecule has 124 valence electrons. The first-order valence-electron chi connectivity index (χ1n) is 6.90. The molecule has 7 heteroatoms. The normalized spacial score (nSPS) is 13.2. The number of nitrogens with zero attached hydrogens (tertiary/aromatic N) is 1. The number of halogens is 1. The number of rotatable bonds is 6. The molecule has 4 nitrogen and oxygen atoms in total. The Labute approximate surface area is 144 Å². The highest BCUT2D eigenvalue weighted by Crippen LogP contribution is 2.18. The molecule has 0 heterocycles. The largest absolute Gasteiger partial charge is 0.259 e. The molecule has 0 aromatic heterocycles. The number of benzene rings is 2. The van der Waals surface area contributed by atoms with E-state index >= 15 is 0 Å². The first-order valence-corrected chi connectivity index (χ1v) is 10.2. The fraction of sp³-hybridized carbons (Fsp3) is 0.250. The van der Waals surface area contributed by atoms with Crippen molar-refractivity contribution in [2.75, 3.05) is 14.1 Å². The van der Waals surface area contributed by atoms with E-state index in [1.807, 2.05) is 12.1 Å². The molecule has 0 bridgehead atoms. The Morgan fingerprint density at radius 1 is 1.00 bits per heavy atom. The average Bonchev–Trinajstić information content (AvgIpc) is 2.47. The highest BCUT2D eigenvalue weighted by molar-refractivity contribution is 7.89. The third-order valence-electron chi connectivity index (χ3n) is 3.22. The van der Waals surface area contributed by atoms with Crippen molar-refractivity contribution in [3.8, 4) is 0 Å². The number of hydrogen-bond donors (Lipinski definition) is 0. The minimum atomic E-state index is -3.48. The van der Waals surface area contributed by atoms with Crippen LogP contribution in [0, 0.1) is 0 Å². The maximum Gasteiger partial charge on any atom is 0.242 e. The monoisotopic (exact) mass is 371 g/mol. The quantitative estimate of drug-likeness (QED) is 0.784. The molecule has 0 aliphatic carbocycles. The van der Waals surface area contributed by atoms with Crippen molar-refractivity contribution in [3.63, 3.8) is 0 Å². The van der Waals surface area contributed by atoms with E-state index in [0.717, 1.165) is 15.4 Å². The van der Waals surface area contributed by atoms with Gasteiger partial charge in [-0.1, -0.05) is 35.9 Å². The molecule has 23 heavy (non-hydrogen) atoms. The van der Waals surface area contributed by atoms with Crippen molar-refractivity contribution in [3.05, 3.63) is 64.7 Å². The van der Waals surface area contributed by atoms with Gasteiger partial charge in [0.05, 0.1) is 4.90 Å². The van der Waals surface area contributed by atoms with Gasteiger partial charge >= 0.3 is 0 Å². The van der Waals surface area contributed by atoms with Gasteiger partial charge in [0.25, 0.3) is 0 Å². The van der Waals surface area contributed by atoms with Crippen molar-refractivity contribution in [2.45, 2.75) is 16.4 Å². The van der Waals surface area contributed by atoms with Gasteiger partial charge in [-0.3, -0.25) is 4.21 Å². The van der Waals surface area contributed by atoms with E-state index in [0.29, 0.717) is 16.5 Å².